The van der Waals surface area contributed by atoms with Crippen LogP contribution in [0.4, 0.5) is 5.82 Å². The van der Waals surface area contributed by atoms with Crippen LogP contribution < -0.4 is 48.2 Å². The van der Waals surface area contributed by atoms with Crippen LogP contribution in [0.2, 0.25) is 0 Å². The molecule has 0 radical (unpaired) electrons. The Labute approximate surface area is 781 Å². The van der Waals surface area contributed by atoms with Crippen LogP contribution in [0.25, 0.3) is 34.9 Å². The van der Waals surface area contributed by atoms with E-state index < -0.39 is 23.6 Å². The van der Waals surface area contributed by atoms with Crippen LogP contribution in [0.3, 0.4) is 0 Å². The van der Waals surface area contributed by atoms with Crippen LogP contribution in [-0.2, 0) is 25.7 Å². The predicted molar refractivity (Wildman–Crippen MR) is 506 cm³/mol. The molecular weight excluding hydrogens is 1770 g/mol. The molecule has 11 aromatic heterocycles. The fourth-order valence-corrected chi connectivity index (χ4v) is 12.6. The van der Waals surface area contributed by atoms with Crippen LogP contribution in [0.5, 0.6) is 5.75 Å². The second-order valence-electron chi connectivity index (χ2n) is 28.8. The molecule has 7 amide bonds. The molecular formula is C93H97N25O17S. The van der Waals surface area contributed by atoms with Crippen LogP contribution in [0.1, 0.15) is 165 Å². The summed E-state index contributed by atoms with van der Waals surface area (Å²) in [6.07, 6.45) is 25.8. The van der Waals surface area contributed by atoms with E-state index in [2.05, 4.69) is 126 Å². The van der Waals surface area contributed by atoms with E-state index in [4.69, 9.17) is 46.1 Å². The molecule has 0 spiro atoms. The Bertz CT molecular complexity index is 6360. The summed E-state index contributed by atoms with van der Waals surface area (Å²) in [5, 5.41) is 59.6. The minimum Gasteiger partial charge on any atom is -0.494 e. The predicted octanol–water partition coefficient (Wildman–Crippen LogP) is 13.2. The minimum absolute atomic E-state index is 0.0352. The number of allylic oxidation sites excluding steroid dienone is 1. The zero-order valence-electron chi connectivity index (χ0n) is 74.8. The van der Waals surface area contributed by atoms with Gasteiger partial charge in [0, 0.05) is 37.2 Å². The number of furan rings is 7. The fraction of sp³-hybridized carbons (Fsp3) is 0.204. The number of carbonyl (C=O) groups is 7. The third kappa shape index (κ3) is 32.0. The number of nitrogens with one attached hydrogen (secondary N) is 8. The van der Waals surface area contributed by atoms with Gasteiger partial charge in [-0.15, -0.1) is 10.2 Å². The summed E-state index contributed by atoms with van der Waals surface area (Å²) >= 11 is 1.36. The number of nitrogens with zero attached hydrogens (tertiary/aromatic N) is 16. The Morgan fingerprint density at radius 1 is 0.610 bits per heavy atom. The summed E-state index contributed by atoms with van der Waals surface area (Å²) < 4.78 is 54.5. The van der Waals surface area contributed by atoms with Gasteiger partial charge in [-0.2, -0.15) is 45.5 Å². The molecule has 3 aromatic carbocycles. The molecule has 0 aliphatic carbocycles. The van der Waals surface area contributed by atoms with Gasteiger partial charge in [0.05, 0.1) is 128 Å². The molecule has 0 saturated carbocycles. The molecule has 2 aliphatic heterocycles. The van der Waals surface area contributed by atoms with Crippen molar-refractivity contribution < 1.29 is 78.6 Å². The summed E-state index contributed by atoms with van der Waals surface area (Å²) in [5.74, 6) is 3.06. The number of para-hydroxylation sites is 1. The zero-order valence-corrected chi connectivity index (χ0v) is 75.6. The zero-order chi connectivity index (χ0) is 96.0. The van der Waals surface area contributed by atoms with E-state index in [1.165, 1.54) is 72.5 Å². The number of amidine groups is 1. The maximum absolute atomic E-state index is 12.7. The lowest BCUT2D eigenvalue weighted by Gasteiger charge is -2.26. The molecule has 2 saturated heterocycles. The first-order valence-electron chi connectivity index (χ1n) is 42.3. The molecule has 13 heterocycles. The van der Waals surface area contributed by atoms with Crippen LogP contribution >= 0.6 is 11.8 Å². The third-order valence-corrected chi connectivity index (χ3v) is 19.4. The summed E-state index contributed by atoms with van der Waals surface area (Å²) in [7, 11) is 0. The highest BCUT2D eigenvalue weighted by Crippen LogP contribution is 2.29. The average molecular weight is 1870 g/mol. The van der Waals surface area contributed by atoms with Gasteiger partial charge in [-0.1, -0.05) is 92.2 Å². The number of morpholine rings is 1. The van der Waals surface area contributed by atoms with Crippen molar-refractivity contribution in [1.82, 2.24) is 87.9 Å². The number of nitrogens with two attached hydrogens (primary N) is 1. The second kappa shape index (κ2) is 53.1. The van der Waals surface area contributed by atoms with Gasteiger partial charge in [0.1, 0.15) is 57.5 Å². The van der Waals surface area contributed by atoms with Crippen molar-refractivity contribution in [3.8, 4) is 28.5 Å². The highest BCUT2D eigenvalue weighted by Gasteiger charge is 2.28. The Morgan fingerprint density at radius 2 is 1.21 bits per heavy atom. The molecule has 43 heteroatoms. The minimum atomic E-state index is -0.571. The number of anilines is 1. The number of rotatable bonds is 32. The number of unbranched alkanes of at least 4 members (excludes halogenated alkanes) is 2. The Balaban J connectivity index is 0.000000160. The molecule has 702 valence electrons. The maximum atomic E-state index is 12.7. The van der Waals surface area contributed by atoms with Crippen molar-refractivity contribution in [1.29, 1.82) is 0 Å². The van der Waals surface area contributed by atoms with E-state index in [1.54, 1.807) is 146 Å². The van der Waals surface area contributed by atoms with Gasteiger partial charge in [0.25, 0.3) is 23.6 Å². The largest absolute Gasteiger partial charge is 0.494 e. The molecule has 42 nitrogen and oxygen atoms in total. The van der Waals surface area contributed by atoms with Gasteiger partial charge in [-0.3, -0.25) is 43.6 Å². The number of aromatic nitrogens is 9. The molecule has 10 N–H and O–H groups in total. The smallest absolute Gasteiger partial charge is 0.307 e. The number of amides is 7. The first-order chi connectivity index (χ1) is 66.2. The number of hydrogen-bond donors (Lipinski definition) is 9. The lowest BCUT2D eigenvalue weighted by atomic mass is 10.1. The monoisotopic (exact) mass is 1870 g/mol. The van der Waals surface area contributed by atoms with Gasteiger partial charge < -0.3 is 56.8 Å². The number of hydrogen-bond acceptors (Lipinski definition) is 33. The van der Waals surface area contributed by atoms with E-state index in [0.717, 1.165) is 76.7 Å². The standard InChI is InChI=1S/C24H23N3O4.C20H18N6O2.C16H19N9O4.C13H12N2O3.C11H16N2O2.C9H9N3O2S/c1-2-14-30-20-12-10-18(11-13-20)16-22(26-23(28)19-7-4-3-5-8-19)24(29)27-25-17-21-9-6-15-31-21;1-13-19(14(2)26(25-13)15-7-4-3-5-8-15)17-11-18(23-22-17)20(27)24-21-12-16-9-6-10-28-16;1-10-2-3-11(28-10)8-18-20-16(26)13-12(9-24-4-6-27-7-5-24)25(23-19-13)15-14(17)21-29-22-15;1-10(8-11-4-2-6-17-11)9-14-15-13(16)12-5-3-7-18-12;1-2-3-4-7-11(14)13-12-9-10-6-5-8-15-10;1-6-8(13)11-9(15-6)12-10-5-7-3-2-4-14-7/h3-13,15-17H,2,14H2,1H3,(H,26,28)(H,27,29);3-12H,1-2H3,(H,22,23)(H,24,27);2-3,8H,4-7,9H2,1H3,(H2,17,21)(H,20,26);2-9H,1H3,(H,15,16);5-6,8-9H,2-4,7H2,1H3,(H,13,14);2-6H,1H3,(H,11,12,13)/b22-16-,25-17+;21-12+;18-8+;10-8+,14-9+;12-9+;10-5+. The van der Waals surface area contributed by atoms with Gasteiger partial charge >= 0.3 is 5.91 Å². The molecule has 1 unspecified atom stereocenters. The number of H-pyrrole nitrogens is 1. The highest BCUT2D eigenvalue weighted by molar-refractivity contribution is 8.15. The SMILES string of the molecule is CC(/C=N/NC(=O)c1ccco1)=C\c1ccco1.CC1SC(=N/N=C/c2ccco2)NC1=O.CCCCCC(=O)N/N=C/c1ccco1.CCCOc1ccc(/C=C(\NC(=O)c2ccccc2)C(=O)N/N=C/c2ccco2)cc1.Cc1ccc(/C=N/NC(=O)c2nnn(-c3nonc3N)c2CN2CCOCC2)o1.Cc1nn(-c2ccccc2)c(C)c1-c1cc(C(=O)N/N=C/c2ccco2)[nH]n1. The lowest BCUT2D eigenvalue weighted by molar-refractivity contribution is -0.121. The topological polar surface area (TPSA) is 546 Å². The van der Waals surface area contributed by atoms with Crippen molar-refractivity contribution >= 4 is 114 Å². The highest BCUT2D eigenvalue weighted by atomic mass is 32.2. The van der Waals surface area contributed by atoms with Crippen molar-refractivity contribution in [2.45, 2.75) is 92.4 Å². The quantitative estimate of drug-likeness (QED) is 0.00818. The number of carbonyl (C=O) groups excluding carboxylic acids is 7. The Hall–Kier alpha value is -17.4. The maximum Gasteiger partial charge on any atom is 0.307 e. The Kier molecular flexibility index (Phi) is 38.7. The number of benzene rings is 3. The fourth-order valence-electron chi connectivity index (χ4n) is 11.8. The number of ether oxygens (including phenoxy) is 2. The summed E-state index contributed by atoms with van der Waals surface area (Å²) in [6.45, 7) is 17.1. The van der Waals surface area contributed by atoms with Crippen LogP contribution in [0, 0.1) is 20.8 Å². The molecule has 0 bridgehead atoms. The molecule has 16 rings (SSSR count). The van der Waals surface area contributed by atoms with Crippen molar-refractivity contribution in [2.75, 3.05) is 38.6 Å². The molecule has 1 atom stereocenters. The van der Waals surface area contributed by atoms with Crippen LogP contribution in [-0.4, -0.2) is 172 Å². The van der Waals surface area contributed by atoms with E-state index in [-0.39, 0.29) is 51.8 Å². The first-order valence-corrected chi connectivity index (χ1v) is 43.1. The first kappa shape index (κ1) is 99.2. The second-order valence-corrected chi connectivity index (χ2v) is 30.1. The van der Waals surface area contributed by atoms with E-state index in [1.807, 2.05) is 107 Å². The number of thioether (sulfide) groups is 1. The number of nitrogen functional groups attached to an aromatic ring is 1. The summed E-state index contributed by atoms with van der Waals surface area (Å²) in [5.41, 5.74) is 25.1. The van der Waals surface area contributed by atoms with Gasteiger partial charge in [0.15, 0.2) is 16.6 Å². The molecule has 136 heavy (non-hydrogen) atoms. The number of hydrazone groups is 5. The molecule has 2 fully saturated rings. The van der Waals surface area contributed by atoms with E-state index in [0.29, 0.717) is 102 Å². The van der Waals surface area contributed by atoms with Gasteiger partial charge in [-0.25, -0.2) is 36.4 Å². The third-order valence-electron chi connectivity index (χ3n) is 18.4. The normalized spacial score (nSPS) is 13.5. The van der Waals surface area contributed by atoms with E-state index >= 15 is 0 Å². The van der Waals surface area contributed by atoms with Crippen molar-refractivity contribution in [2.24, 2.45) is 35.7 Å². The van der Waals surface area contributed by atoms with Crippen LogP contribution in [0.15, 0.2) is 296 Å². The molecule has 2 aliphatic rings. The summed E-state index contributed by atoms with van der Waals surface area (Å²) in [4.78, 5) is 86.0. The van der Waals surface area contributed by atoms with Gasteiger partial charge in [0.2, 0.25) is 23.5 Å². The summed E-state index contributed by atoms with van der Waals surface area (Å²) in [6, 6.07) is 51.8. The Morgan fingerprint density at radius 3 is 1.80 bits per heavy atom. The van der Waals surface area contributed by atoms with Gasteiger partial charge in [-0.05, 0) is 208 Å². The van der Waals surface area contributed by atoms with E-state index in [9.17, 15) is 33.6 Å². The average Bonchev–Trinajstić information content (AvgIpc) is 1.64. The molecule has 14 aromatic rings. The van der Waals surface area contributed by atoms with Crippen molar-refractivity contribution in [3.63, 3.8) is 0 Å². The lowest BCUT2D eigenvalue weighted by Crippen LogP contribution is -2.37. The number of aryl methyl sites for hydroxylation is 2. The van der Waals surface area contributed by atoms with Crippen molar-refractivity contribution in [3.05, 3.63) is 310 Å². The number of aromatic amines is 1.